The monoisotopic (exact) mass is 281 g/mol. The third-order valence-electron chi connectivity index (χ3n) is 2.68. The van der Waals surface area contributed by atoms with Gasteiger partial charge in [-0.2, -0.15) is 4.99 Å². The lowest BCUT2D eigenvalue weighted by Gasteiger charge is -2.17. The predicted octanol–water partition coefficient (Wildman–Crippen LogP) is 0.667. The van der Waals surface area contributed by atoms with Crippen LogP contribution in [0.3, 0.4) is 0 Å². The average Bonchev–Trinajstić information content (AvgIpc) is 2.69. The van der Waals surface area contributed by atoms with Crippen LogP contribution in [0.25, 0.3) is 0 Å². The molecule has 0 aliphatic carbocycles. The van der Waals surface area contributed by atoms with Crippen LogP contribution in [0.4, 0.5) is 5.69 Å². The first kappa shape index (κ1) is 13.5. The van der Waals surface area contributed by atoms with Crippen molar-refractivity contribution in [1.82, 2.24) is 4.90 Å². The molecule has 1 heterocycles. The van der Waals surface area contributed by atoms with Crippen LogP contribution in [-0.4, -0.2) is 44.4 Å². The summed E-state index contributed by atoms with van der Waals surface area (Å²) < 4.78 is 24.6. The Morgan fingerprint density at radius 1 is 1.32 bits per heavy atom. The largest absolute Gasteiger partial charge is 0.347 e. The molecule has 0 saturated heterocycles. The first-order chi connectivity index (χ1) is 8.89. The zero-order valence-corrected chi connectivity index (χ0v) is 11.6. The molecule has 1 aromatic carbocycles. The molecule has 2 rings (SSSR count). The van der Waals surface area contributed by atoms with Crippen LogP contribution in [0.1, 0.15) is 12.5 Å². The van der Waals surface area contributed by atoms with Crippen LogP contribution < -0.4 is 4.72 Å². The lowest BCUT2D eigenvalue weighted by atomic mass is 10.2. The average molecular weight is 281 g/mol. The topological polar surface area (TPSA) is 78.8 Å². The highest BCUT2D eigenvalue weighted by molar-refractivity contribution is 7.92. The van der Waals surface area contributed by atoms with Gasteiger partial charge in [0.25, 0.3) is 5.91 Å². The molecule has 1 aliphatic rings. The van der Waals surface area contributed by atoms with Gasteiger partial charge in [0.1, 0.15) is 12.4 Å². The van der Waals surface area contributed by atoms with Gasteiger partial charge in [0, 0.05) is 17.8 Å². The molecule has 0 bridgehead atoms. The molecule has 1 amide bonds. The maximum atomic E-state index is 11.3. The number of likely N-dealkylation sites (N-methyl/N-ethyl adjacent to an activating group) is 1. The quantitative estimate of drug-likeness (QED) is 0.879. The number of amidine groups is 1. The normalized spacial score (nSPS) is 15.6. The van der Waals surface area contributed by atoms with Gasteiger partial charge in [0.05, 0.1) is 6.26 Å². The molecule has 0 atom stereocenters. The number of sulfonamides is 1. The number of nitrogens with one attached hydrogen (secondary N) is 1. The van der Waals surface area contributed by atoms with Crippen molar-refractivity contribution in [3.8, 4) is 0 Å². The number of amides is 1. The molecule has 0 fully saturated rings. The standard InChI is InChI=1S/C12H15N3O3S/c1-3-15-8-11(16)13-12(15)9-4-6-10(7-5-9)14-19(2,17)18/h4-7,14H,3,8H2,1-2H3. The van der Waals surface area contributed by atoms with Crippen LogP contribution in [0.5, 0.6) is 0 Å². The van der Waals surface area contributed by atoms with Crippen LogP contribution in [0.2, 0.25) is 0 Å². The molecule has 7 heteroatoms. The van der Waals surface area contributed by atoms with E-state index in [1.54, 1.807) is 24.3 Å². The van der Waals surface area contributed by atoms with E-state index in [0.29, 0.717) is 24.6 Å². The summed E-state index contributed by atoms with van der Waals surface area (Å²) in [5.74, 6) is 0.480. The van der Waals surface area contributed by atoms with Crippen molar-refractivity contribution in [2.45, 2.75) is 6.92 Å². The molecule has 1 aliphatic heterocycles. The molecule has 1 N–H and O–H groups in total. The Morgan fingerprint density at radius 3 is 2.47 bits per heavy atom. The fourth-order valence-electron chi connectivity index (χ4n) is 1.87. The van der Waals surface area contributed by atoms with Crippen LogP contribution in [-0.2, 0) is 14.8 Å². The molecule has 0 radical (unpaired) electrons. The van der Waals surface area contributed by atoms with Gasteiger partial charge in [0.2, 0.25) is 10.0 Å². The summed E-state index contributed by atoms with van der Waals surface area (Å²) in [5, 5.41) is 0. The highest BCUT2D eigenvalue weighted by Crippen LogP contribution is 2.16. The number of benzene rings is 1. The maximum absolute atomic E-state index is 11.3. The first-order valence-electron chi connectivity index (χ1n) is 5.84. The highest BCUT2D eigenvalue weighted by atomic mass is 32.2. The third kappa shape index (κ3) is 3.31. The lowest BCUT2D eigenvalue weighted by Crippen LogP contribution is -2.28. The fourth-order valence-corrected chi connectivity index (χ4v) is 2.44. The number of aliphatic imine (C=N–C) groups is 1. The van der Waals surface area contributed by atoms with E-state index < -0.39 is 10.0 Å². The minimum Gasteiger partial charge on any atom is -0.347 e. The fraction of sp³-hybridized carbons (Fsp3) is 0.333. The van der Waals surface area contributed by atoms with Gasteiger partial charge in [0.15, 0.2) is 0 Å². The zero-order valence-electron chi connectivity index (χ0n) is 10.8. The minimum absolute atomic E-state index is 0.157. The lowest BCUT2D eigenvalue weighted by molar-refractivity contribution is -0.117. The number of anilines is 1. The van der Waals surface area contributed by atoms with E-state index in [0.717, 1.165) is 11.8 Å². The van der Waals surface area contributed by atoms with Gasteiger partial charge in [-0.3, -0.25) is 9.52 Å². The molecule has 0 spiro atoms. The zero-order chi connectivity index (χ0) is 14.0. The van der Waals surface area contributed by atoms with E-state index in [-0.39, 0.29) is 5.91 Å². The Hall–Kier alpha value is -1.89. The summed E-state index contributed by atoms with van der Waals surface area (Å²) in [6, 6.07) is 6.78. The number of carbonyl (C=O) groups excluding carboxylic acids is 1. The van der Waals surface area contributed by atoms with Crippen molar-refractivity contribution in [2.24, 2.45) is 4.99 Å². The molecular weight excluding hydrogens is 266 g/mol. The summed E-state index contributed by atoms with van der Waals surface area (Å²) in [4.78, 5) is 17.2. The summed E-state index contributed by atoms with van der Waals surface area (Å²) >= 11 is 0. The van der Waals surface area contributed by atoms with Crippen molar-refractivity contribution in [3.05, 3.63) is 29.8 Å². The summed E-state index contributed by atoms with van der Waals surface area (Å²) in [6.07, 6.45) is 1.10. The predicted molar refractivity (Wildman–Crippen MR) is 73.7 cm³/mol. The molecule has 19 heavy (non-hydrogen) atoms. The highest BCUT2D eigenvalue weighted by Gasteiger charge is 2.22. The minimum atomic E-state index is -3.28. The van der Waals surface area contributed by atoms with Crippen molar-refractivity contribution >= 4 is 27.5 Å². The number of carbonyl (C=O) groups is 1. The van der Waals surface area contributed by atoms with Gasteiger partial charge in [-0.15, -0.1) is 0 Å². The molecule has 0 unspecified atom stereocenters. The second kappa shape index (κ2) is 5.00. The van der Waals surface area contributed by atoms with E-state index in [1.807, 2.05) is 11.8 Å². The number of rotatable bonds is 4. The molecule has 0 saturated carbocycles. The summed E-state index contributed by atoms with van der Waals surface area (Å²) in [5.41, 5.74) is 1.28. The molecule has 6 nitrogen and oxygen atoms in total. The maximum Gasteiger partial charge on any atom is 0.267 e. The Kier molecular flexibility index (Phi) is 3.57. The van der Waals surface area contributed by atoms with E-state index in [2.05, 4.69) is 9.71 Å². The first-order valence-corrected chi connectivity index (χ1v) is 7.73. The van der Waals surface area contributed by atoms with Crippen LogP contribution in [0.15, 0.2) is 29.3 Å². The van der Waals surface area contributed by atoms with Gasteiger partial charge in [-0.25, -0.2) is 8.42 Å². The summed E-state index contributed by atoms with van der Waals surface area (Å²) in [6.45, 7) is 2.96. The summed E-state index contributed by atoms with van der Waals surface area (Å²) in [7, 11) is -3.28. The molecule has 102 valence electrons. The molecular formula is C12H15N3O3S. The Bertz CT molecular complexity index is 620. The Balaban J connectivity index is 2.23. The van der Waals surface area contributed by atoms with E-state index in [4.69, 9.17) is 0 Å². The van der Waals surface area contributed by atoms with E-state index >= 15 is 0 Å². The second-order valence-corrected chi connectivity index (χ2v) is 6.04. The number of hydrogen-bond donors (Lipinski definition) is 1. The Morgan fingerprint density at radius 2 is 1.95 bits per heavy atom. The van der Waals surface area contributed by atoms with Crippen molar-refractivity contribution in [2.75, 3.05) is 24.1 Å². The Labute approximate surface area is 112 Å². The third-order valence-corrected chi connectivity index (χ3v) is 3.29. The van der Waals surface area contributed by atoms with Crippen LogP contribution >= 0.6 is 0 Å². The van der Waals surface area contributed by atoms with Crippen LogP contribution in [0, 0.1) is 0 Å². The van der Waals surface area contributed by atoms with Gasteiger partial charge < -0.3 is 4.90 Å². The van der Waals surface area contributed by atoms with Gasteiger partial charge >= 0.3 is 0 Å². The van der Waals surface area contributed by atoms with Crippen molar-refractivity contribution < 1.29 is 13.2 Å². The molecule has 1 aromatic rings. The SMILES string of the molecule is CCN1CC(=O)N=C1c1ccc(NS(C)(=O)=O)cc1. The van der Waals surface area contributed by atoms with E-state index in [9.17, 15) is 13.2 Å². The van der Waals surface area contributed by atoms with E-state index in [1.165, 1.54) is 0 Å². The second-order valence-electron chi connectivity index (χ2n) is 4.29. The van der Waals surface area contributed by atoms with Crippen molar-refractivity contribution in [1.29, 1.82) is 0 Å². The number of nitrogens with zero attached hydrogens (tertiary/aromatic N) is 2. The van der Waals surface area contributed by atoms with Crippen molar-refractivity contribution in [3.63, 3.8) is 0 Å². The smallest absolute Gasteiger partial charge is 0.267 e. The van der Waals surface area contributed by atoms with Gasteiger partial charge in [-0.1, -0.05) is 0 Å². The molecule has 0 aromatic heterocycles. The number of hydrogen-bond acceptors (Lipinski definition) is 4. The van der Waals surface area contributed by atoms with Gasteiger partial charge in [-0.05, 0) is 31.2 Å².